The molecule has 1 aliphatic heterocycles. The highest BCUT2D eigenvalue weighted by Gasteiger charge is 2.27. The van der Waals surface area contributed by atoms with Crippen molar-refractivity contribution in [2.24, 2.45) is 0 Å². The van der Waals surface area contributed by atoms with Gasteiger partial charge in [-0.25, -0.2) is 4.39 Å². The molecule has 0 saturated carbocycles. The van der Waals surface area contributed by atoms with Gasteiger partial charge in [-0.1, -0.05) is 24.3 Å². The Morgan fingerprint density at radius 1 is 1.23 bits per heavy atom. The summed E-state index contributed by atoms with van der Waals surface area (Å²) in [6.07, 6.45) is 1.56. The van der Waals surface area contributed by atoms with E-state index in [4.69, 9.17) is 9.47 Å². The molecule has 1 aliphatic rings. The van der Waals surface area contributed by atoms with E-state index >= 15 is 0 Å². The van der Waals surface area contributed by atoms with E-state index in [1.165, 1.54) is 12.1 Å². The van der Waals surface area contributed by atoms with Crippen LogP contribution in [0.4, 0.5) is 4.39 Å². The lowest BCUT2D eigenvalue weighted by atomic mass is 10.0. The molecule has 1 heterocycles. The van der Waals surface area contributed by atoms with Gasteiger partial charge in [0.2, 0.25) is 0 Å². The molecule has 5 heteroatoms. The Balaban J connectivity index is 1.47. The lowest BCUT2D eigenvalue weighted by Gasteiger charge is -2.27. The number of rotatable bonds is 8. The van der Waals surface area contributed by atoms with Gasteiger partial charge in [0.05, 0.1) is 26.4 Å². The summed E-state index contributed by atoms with van der Waals surface area (Å²) >= 11 is 0. The molecule has 2 atom stereocenters. The summed E-state index contributed by atoms with van der Waals surface area (Å²) < 4.78 is 24.0. The number of aliphatic hydroxyl groups is 1. The van der Waals surface area contributed by atoms with Crippen molar-refractivity contribution in [3.8, 4) is 5.75 Å². The topological polar surface area (TPSA) is 41.9 Å². The summed E-state index contributed by atoms with van der Waals surface area (Å²) in [5.74, 6) is 0.579. The molecule has 4 nitrogen and oxygen atoms in total. The molecule has 1 saturated heterocycles. The van der Waals surface area contributed by atoms with Gasteiger partial charge in [0.15, 0.2) is 0 Å². The summed E-state index contributed by atoms with van der Waals surface area (Å²) in [6, 6.07) is 14.6. The molecular formula is C21H26FNO3. The van der Waals surface area contributed by atoms with Crippen LogP contribution in [0, 0.1) is 5.82 Å². The molecule has 3 rings (SSSR count). The molecule has 0 spiro atoms. The fourth-order valence-electron chi connectivity index (χ4n) is 3.51. The van der Waals surface area contributed by atoms with Gasteiger partial charge in [0, 0.05) is 12.6 Å². The number of halogens is 1. The van der Waals surface area contributed by atoms with Crippen LogP contribution in [-0.2, 0) is 11.3 Å². The molecule has 26 heavy (non-hydrogen) atoms. The number of hydrogen-bond acceptors (Lipinski definition) is 4. The van der Waals surface area contributed by atoms with Gasteiger partial charge in [0.25, 0.3) is 0 Å². The second-order valence-corrected chi connectivity index (χ2v) is 6.72. The Kier molecular flexibility index (Phi) is 6.61. The van der Waals surface area contributed by atoms with Gasteiger partial charge in [-0.2, -0.15) is 0 Å². The van der Waals surface area contributed by atoms with Crippen LogP contribution < -0.4 is 4.74 Å². The van der Waals surface area contributed by atoms with E-state index in [0.717, 1.165) is 36.3 Å². The number of aliphatic hydroxyl groups excluding tert-OH is 1. The van der Waals surface area contributed by atoms with Gasteiger partial charge in [-0.3, -0.25) is 4.90 Å². The maximum absolute atomic E-state index is 13.1. The Morgan fingerprint density at radius 2 is 2.04 bits per heavy atom. The zero-order valence-corrected chi connectivity index (χ0v) is 15.1. The number of benzene rings is 2. The van der Waals surface area contributed by atoms with Crippen molar-refractivity contribution in [2.75, 3.05) is 26.8 Å². The molecule has 0 bridgehead atoms. The second kappa shape index (κ2) is 9.12. The number of hydrogen-bond donors (Lipinski definition) is 1. The minimum Gasteiger partial charge on any atom is -0.497 e. The predicted octanol–water partition coefficient (Wildman–Crippen LogP) is 3.55. The van der Waals surface area contributed by atoms with Gasteiger partial charge >= 0.3 is 0 Å². The third-order valence-corrected chi connectivity index (χ3v) is 4.78. The molecule has 1 fully saturated rings. The molecule has 0 amide bonds. The zero-order valence-electron chi connectivity index (χ0n) is 15.1. The van der Waals surface area contributed by atoms with E-state index in [1.54, 1.807) is 7.11 Å². The Morgan fingerprint density at radius 3 is 2.81 bits per heavy atom. The van der Waals surface area contributed by atoms with Crippen LogP contribution in [0.3, 0.4) is 0 Å². The predicted molar refractivity (Wildman–Crippen MR) is 98.6 cm³/mol. The fourth-order valence-corrected chi connectivity index (χ4v) is 3.51. The second-order valence-electron chi connectivity index (χ2n) is 6.72. The van der Waals surface area contributed by atoms with Crippen molar-refractivity contribution in [3.63, 3.8) is 0 Å². The van der Waals surface area contributed by atoms with Crippen LogP contribution >= 0.6 is 0 Å². The minimum atomic E-state index is -0.554. The maximum Gasteiger partial charge on any atom is 0.123 e. The molecular weight excluding hydrogens is 333 g/mol. The first-order valence-electron chi connectivity index (χ1n) is 9.04. The lowest BCUT2D eigenvalue weighted by molar-refractivity contribution is 0.00768. The summed E-state index contributed by atoms with van der Waals surface area (Å²) in [5.41, 5.74) is 2.12. The first kappa shape index (κ1) is 18.8. The van der Waals surface area contributed by atoms with Crippen molar-refractivity contribution in [1.82, 2.24) is 4.90 Å². The van der Waals surface area contributed by atoms with Crippen LogP contribution in [0.2, 0.25) is 0 Å². The Labute approximate surface area is 154 Å². The van der Waals surface area contributed by atoms with E-state index in [-0.39, 0.29) is 18.5 Å². The van der Waals surface area contributed by atoms with E-state index < -0.39 is 6.10 Å². The SMILES string of the molecule is COc1cccc(COCC(O)CN2CCCC2c2ccc(F)cc2)c1. The van der Waals surface area contributed by atoms with Gasteiger partial charge in [-0.15, -0.1) is 0 Å². The van der Waals surface area contributed by atoms with E-state index in [2.05, 4.69) is 4.90 Å². The maximum atomic E-state index is 13.1. The number of likely N-dealkylation sites (tertiary alicyclic amines) is 1. The Bertz CT molecular complexity index is 692. The van der Waals surface area contributed by atoms with Crippen molar-refractivity contribution >= 4 is 0 Å². The molecule has 0 radical (unpaired) electrons. The van der Waals surface area contributed by atoms with E-state index in [9.17, 15) is 9.50 Å². The zero-order chi connectivity index (χ0) is 18.4. The van der Waals surface area contributed by atoms with Gasteiger partial charge < -0.3 is 14.6 Å². The average molecular weight is 359 g/mol. The van der Waals surface area contributed by atoms with Crippen LogP contribution in [-0.4, -0.2) is 42.9 Å². The monoisotopic (exact) mass is 359 g/mol. The standard InChI is InChI=1S/C21H26FNO3/c1-25-20-5-2-4-16(12-20)14-26-15-19(24)13-23-11-3-6-21(23)17-7-9-18(22)10-8-17/h2,4-5,7-10,12,19,21,24H,3,6,11,13-15H2,1H3. The number of methoxy groups -OCH3 is 1. The highest BCUT2D eigenvalue weighted by Crippen LogP contribution is 2.31. The third kappa shape index (κ3) is 5.04. The van der Waals surface area contributed by atoms with Crippen molar-refractivity contribution in [3.05, 3.63) is 65.5 Å². The Hall–Kier alpha value is -1.95. The first-order chi connectivity index (χ1) is 12.7. The van der Waals surface area contributed by atoms with Crippen LogP contribution in [0.1, 0.15) is 30.0 Å². The molecule has 2 aromatic carbocycles. The smallest absolute Gasteiger partial charge is 0.123 e. The number of β-amino-alcohol motifs (C(OH)–C–C–N with tert-alkyl or cyclic N) is 1. The van der Waals surface area contributed by atoms with Crippen LogP contribution in [0.15, 0.2) is 48.5 Å². The third-order valence-electron chi connectivity index (χ3n) is 4.78. The molecule has 0 aromatic heterocycles. The van der Waals surface area contributed by atoms with Gasteiger partial charge in [-0.05, 0) is 54.8 Å². The highest BCUT2D eigenvalue weighted by atomic mass is 19.1. The summed E-state index contributed by atoms with van der Waals surface area (Å²) in [5, 5.41) is 10.3. The van der Waals surface area contributed by atoms with E-state index in [1.807, 2.05) is 36.4 Å². The molecule has 2 aromatic rings. The van der Waals surface area contributed by atoms with E-state index in [0.29, 0.717) is 13.2 Å². The van der Waals surface area contributed by atoms with Crippen molar-refractivity contribution in [2.45, 2.75) is 31.6 Å². The molecule has 1 N–H and O–H groups in total. The van der Waals surface area contributed by atoms with Crippen LogP contribution in [0.5, 0.6) is 5.75 Å². The molecule has 0 aliphatic carbocycles. The normalized spacial score (nSPS) is 18.8. The molecule has 140 valence electrons. The summed E-state index contributed by atoms with van der Waals surface area (Å²) in [4.78, 5) is 2.26. The first-order valence-corrected chi connectivity index (χ1v) is 9.04. The lowest BCUT2D eigenvalue weighted by Crippen LogP contribution is -2.34. The van der Waals surface area contributed by atoms with Gasteiger partial charge in [0.1, 0.15) is 11.6 Å². The largest absolute Gasteiger partial charge is 0.497 e. The molecule has 2 unspecified atom stereocenters. The van der Waals surface area contributed by atoms with Crippen LogP contribution in [0.25, 0.3) is 0 Å². The summed E-state index contributed by atoms with van der Waals surface area (Å²) in [7, 11) is 1.64. The fraction of sp³-hybridized carbons (Fsp3) is 0.429. The van der Waals surface area contributed by atoms with Crippen molar-refractivity contribution in [1.29, 1.82) is 0 Å². The quantitative estimate of drug-likeness (QED) is 0.783. The average Bonchev–Trinajstić information content (AvgIpc) is 3.10. The summed E-state index contributed by atoms with van der Waals surface area (Å²) in [6.45, 7) is 2.22. The van der Waals surface area contributed by atoms with Crippen molar-refractivity contribution < 1.29 is 19.0 Å². The number of ether oxygens (including phenoxy) is 2. The highest BCUT2D eigenvalue weighted by molar-refractivity contribution is 5.27. The minimum absolute atomic E-state index is 0.218. The number of nitrogens with zero attached hydrogens (tertiary/aromatic N) is 1.